The van der Waals surface area contributed by atoms with Crippen molar-refractivity contribution >= 4 is 30.8 Å². The van der Waals surface area contributed by atoms with Crippen molar-refractivity contribution < 1.29 is 23.9 Å². The Morgan fingerprint density at radius 2 is 1.46 bits per heavy atom. The molecular weight excluding hydrogens is 458 g/mol. The number of carbonyl (C=O) groups excluding carboxylic acids is 1. The molecule has 0 bridgehead atoms. The minimum atomic E-state index is -2.82. The first-order chi connectivity index (χ1) is 16.3. The quantitative estimate of drug-likeness (QED) is 0.588. The van der Waals surface area contributed by atoms with Crippen LogP contribution in [-0.4, -0.2) is 55.2 Å². The van der Waals surface area contributed by atoms with Crippen molar-refractivity contribution in [1.29, 1.82) is 0 Å². The predicted octanol–water partition coefficient (Wildman–Crippen LogP) is 4.66. The van der Waals surface area contributed by atoms with Crippen molar-refractivity contribution in [3.8, 4) is 0 Å². The third-order valence-electron chi connectivity index (χ3n) is 6.60. The van der Waals surface area contributed by atoms with E-state index in [2.05, 4.69) is 45.0 Å². The Labute approximate surface area is 210 Å². The normalized spacial score (nSPS) is 19.3. The largest absolute Gasteiger partial charge is 0.481 e. The average Bonchev–Trinajstić information content (AvgIpc) is 2.78. The zero-order valence-electron chi connectivity index (χ0n) is 21.8. The van der Waals surface area contributed by atoms with Gasteiger partial charge >= 0.3 is 12.1 Å². The van der Waals surface area contributed by atoms with Crippen LogP contribution >= 0.6 is 0 Å². The SMILES string of the molecule is CC(C)(C)OC(=O)N1CCC(C(=O)O)CC1CO[Si](c1ccccc1)(c1ccccc1)C(C)(C)C. The van der Waals surface area contributed by atoms with Crippen LogP contribution in [0.25, 0.3) is 0 Å². The number of carboxylic acid groups (broad SMARTS) is 1. The summed E-state index contributed by atoms with van der Waals surface area (Å²) in [6.45, 7) is 12.7. The van der Waals surface area contributed by atoms with Crippen LogP contribution in [-0.2, 0) is 14.0 Å². The molecule has 1 N–H and O–H groups in total. The van der Waals surface area contributed by atoms with Crippen molar-refractivity contribution in [1.82, 2.24) is 4.90 Å². The summed E-state index contributed by atoms with van der Waals surface area (Å²) in [7, 11) is -2.82. The molecule has 2 atom stereocenters. The van der Waals surface area contributed by atoms with E-state index in [9.17, 15) is 14.7 Å². The first-order valence-corrected chi connectivity index (χ1v) is 14.2. The maximum Gasteiger partial charge on any atom is 0.410 e. The van der Waals surface area contributed by atoms with E-state index in [4.69, 9.17) is 9.16 Å². The first-order valence-electron chi connectivity index (χ1n) is 12.3. The molecule has 1 aliphatic rings. The standard InChI is InChI=1S/C28H39NO5Si/c1-27(2,3)34-26(32)29-18-17-21(25(30)31)19-22(29)20-33-35(28(4,5)6,23-13-9-7-10-14-23)24-15-11-8-12-16-24/h7-16,21-22H,17-20H2,1-6H3,(H,30,31). The molecule has 1 fully saturated rings. The maximum atomic E-state index is 13.1. The molecule has 0 saturated carbocycles. The van der Waals surface area contributed by atoms with Crippen LogP contribution in [0.2, 0.25) is 5.04 Å². The molecule has 0 aromatic heterocycles. The van der Waals surface area contributed by atoms with Crippen LogP contribution in [0.1, 0.15) is 54.4 Å². The summed E-state index contributed by atoms with van der Waals surface area (Å²) in [5.41, 5.74) is -0.635. The molecule has 1 heterocycles. The summed E-state index contributed by atoms with van der Waals surface area (Å²) < 4.78 is 12.7. The van der Waals surface area contributed by atoms with Gasteiger partial charge in [-0.25, -0.2) is 4.79 Å². The lowest BCUT2D eigenvalue weighted by molar-refractivity contribution is -0.144. The summed E-state index contributed by atoms with van der Waals surface area (Å²) in [4.78, 5) is 26.6. The molecule has 3 rings (SSSR count). The van der Waals surface area contributed by atoms with Crippen LogP contribution in [0.15, 0.2) is 60.7 Å². The molecule has 0 spiro atoms. The second kappa shape index (κ2) is 10.5. The van der Waals surface area contributed by atoms with Crippen LogP contribution in [0.4, 0.5) is 4.79 Å². The number of likely N-dealkylation sites (tertiary alicyclic amines) is 1. The Kier molecular flexibility index (Phi) is 8.12. The third-order valence-corrected chi connectivity index (χ3v) is 11.6. The maximum absolute atomic E-state index is 13.1. The van der Waals surface area contributed by atoms with Crippen LogP contribution < -0.4 is 10.4 Å². The van der Waals surface area contributed by atoms with E-state index in [1.807, 2.05) is 57.2 Å². The number of carbonyl (C=O) groups is 2. The van der Waals surface area contributed by atoms with Gasteiger partial charge in [0.2, 0.25) is 0 Å². The Bertz CT molecular complexity index is 958. The van der Waals surface area contributed by atoms with Crippen molar-refractivity contribution in [3.05, 3.63) is 60.7 Å². The molecule has 0 aliphatic carbocycles. The van der Waals surface area contributed by atoms with E-state index in [1.54, 1.807) is 4.90 Å². The molecular formula is C28H39NO5Si. The van der Waals surface area contributed by atoms with Crippen LogP contribution in [0.3, 0.4) is 0 Å². The highest BCUT2D eigenvalue weighted by atomic mass is 28.4. The van der Waals surface area contributed by atoms with Gasteiger partial charge < -0.3 is 19.2 Å². The molecule has 2 aromatic carbocycles. The number of benzene rings is 2. The summed E-state index contributed by atoms with van der Waals surface area (Å²) in [6.07, 6.45) is 0.328. The fraction of sp³-hybridized carbons (Fsp3) is 0.500. The molecule has 190 valence electrons. The lowest BCUT2D eigenvalue weighted by atomic mass is 9.91. The van der Waals surface area contributed by atoms with E-state index in [0.29, 0.717) is 19.4 Å². The molecule has 2 unspecified atom stereocenters. The number of amides is 1. The predicted molar refractivity (Wildman–Crippen MR) is 141 cm³/mol. The molecule has 35 heavy (non-hydrogen) atoms. The first kappa shape index (κ1) is 27.0. The summed E-state index contributed by atoms with van der Waals surface area (Å²) in [6, 6.07) is 20.2. The monoisotopic (exact) mass is 497 g/mol. The summed E-state index contributed by atoms with van der Waals surface area (Å²) >= 11 is 0. The minimum absolute atomic E-state index is 0.215. The fourth-order valence-electron chi connectivity index (χ4n) is 4.98. The van der Waals surface area contributed by atoms with Gasteiger partial charge in [-0.1, -0.05) is 81.4 Å². The Morgan fingerprint density at radius 3 is 1.89 bits per heavy atom. The zero-order valence-corrected chi connectivity index (χ0v) is 22.8. The number of nitrogens with zero attached hydrogens (tertiary/aromatic N) is 1. The number of aliphatic carboxylic acids is 1. The lowest BCUT2D eigenvalue weighted by Gasteiger charge is -2.45. The van der Waals surface area contributed by atoms with Crippen molar-refractivity contribution in [3.63, 3.8) is 0 Å². The van der Waals surface area contributed by atoms with E-state index >= 15 is 0 Å². The number of hydrogen-bond acceptors (Lipinski definition) is 4. The fourth-order valence-corrected chi connectivity index (χ4v) is 9.57. The van der Waals surface area contributed by atoms with Gasteiger partial charge in [0.05, 0.1) is 18.6 Å². The number of hydrogen-bond donors (Lipinski definition) is 1. The average molecular weight is 498 g/mol. The van der Waals surface area contributed by atoms with E-state index in [1.165, 1.54) is 0 Å². The van der Waals surface area contributed by atoms with Crippen molar-refractivity contribution in [2.75, 3.05) is 13.2 Å². The van der Waals surface area contributed by atoms with Gasteiger partial charge in [0.25, 0.3) is 8.32 Å². The van der Waals surface area contributed by atoms with E-state index in [0.717, 1.165) is 10.4 Å². The lowest BCUT2D eigenvalue weighted by Crippen LogP contribution is -2.67. The van der Waals surface area contributed by atoms with Gasteiger partial charge in [0, 0.05) is 6.54 Å². The molecule has 0 radical (unpaired) electrons. The van der Waals surface area contributed by atoms with Gasteiger partial charge in [0.15, 0.2) is 0 Å². The van der Waals surface area contributed by atoms with Gasteiger partial charge in [-0.15, -0.1) is 0 Å². The molecule has 2 aromatic rings. The summed E-state index contributed by atoms with van der Waals surface area (Å²) in [5, 5.41) is 11.8. The van der Waals surface area contributed by atoms with Crippen molar-refractivity contribution in [2.45, 2.75) is 71.1 Å². The Balaban J connectivity index is 2.01. The molecule has 6 nitrogen and oxygen atoms in total. The molecule has 7 heteroatoms. The van der Waals surface area contributed by atoms with Gasteiger partial charge in [-0.2, -0.15) is 0 Å². The molecule has 1 saturated heterocycles. The molecule has 1 amide bonds. The van der Waals surface area contributed by atoms with Gasteiger partial charge in [0.1, 0.15) is 5.60 Å². The second-order valence-corrected chi connectivity index (χ2v) is 15.7. The topological polar surface area (TPSA) is 76.1 Å². The third kappa shape index (κ3) is 6.14. The number of piperidine rings is 1. The number of ether oxygens (including phenoxy) is 1. The minimum Gasteiger partial charge on any atom is -0.481 e. The Hall–Kier alpha value is -2.64. The van der Waals surface area contributed by atoms with Gasteiger partial charge in [-0.05, 0) is 49.0 Å². The van der Waals surface area contributed by atoms with Gasteiger partial charge in [-0.3, -0.25) is 4.79 Å². The second-order valence-electron chi connectivity index (χ2n) is 11.4. The van der Waals surface area contributed by atoms with E-state index < -0.39 is 31.9 Å². The smallest absolute Gasteiger partial charge is 0.410 e. The van der Waals surface area contributed by atoms with Crippen LogP contribution in [0, 0.1) is 5.92 Å². The highest BCUT2D eigenvalue weighted by molar-refractivity contribution is 6.99. The highest BCUT2D eigenvalue weighted by Crippen LogP contribution is 2.37. The number of carboxylic acids is 1. The zero-order chi connectivity index (χ0) is 25.9. The van der Waals surface area contributed by atoms with Crippen molar-refractivity contribution in [2.24, 2.45) is 5.92 Å². The highest BCUT2D eigenvalue weighted by Gasteiger charge is 2.51. The molecule has 1 aliphatic heterocycles. The summed E-state index contributed by atoms with van der Waals surface area (Å²) in [5.74, 6) is -1.34. The van der Waals surface area contributed by atoms with Crippen LogP contribution in [0.5, 0.6) is 0 Å². The number of rotatable bonds is 6. The Morgan fingerprint density at radius 1 is 0.943 bits per heavy atom. The van der Waals surface area contributed by atoms with E-state index in [-0.39, 0.29) is 17.7 Å².